The van der Waals surface area contributed by atoms with Crippen molar-refractivity contribution in [3.8, 4) is 11.3 Å². The number of nitrogens with one attached hydrogen (secondary N) is 2. The van der Waals surface area contributed by atoms with E-state index >= 15 is 0 Å². The summed E-state index contributed by atoms with van der Waals surface area (Å²) in [5.41, 5.74) is 2.55. The molecule has 1 aromatic carbocycles. The number of carbonyl (C=O) groups excluding carboxylic acids is 1. The second kappa shape index (κ2) is 9.07. The molecule has 2 aromatic rings. The molecule has 0 aliphatic heterocycles. The Morgan fingerprint density at radius 2 is 1.96 bits per heavy atom. The van der Waals surface area contributed by atoms with Crippen molar-refractivity contribution in [2.45, 2.75) is 33.1 Å². The monoisotopic (exact) mass is 381 g/mol. The number of hydrogen-bond acceptors (Lipinski definition) is 5. The molecule has 6 nitrogen and oxygen atoms in total. The minimum Gasteiger partial charge on any atom is -0.326 e. The van der Waals surface area contributed by atoms with Gasteiger partial charge in [0.15, 0.2) is 0 Å². The predicted octanol–water partition coefficient (Wildman–Crippen LogP) is 3.03. The van der Waals surface area contributed by atoms with Crippen LogP contribution in [-0.2, 0) is 21.2 Å². The Morgan fingerprint density at radius 3 is 2.60 bits per heavy atom. The van der Waals surface area contributed by atoms with Crippen LogP contribution < -0.4 is 10.0 Å². The maximum atomic E-state index is 11.8. The van der Waals surface area contributed by atoms with Gasteiger partial charge in [-0.3, -0.25) is 4.79 Å². The van der Waals surface area contributed by atoms with Crippen molar-refractivity contribution in [2.75, 3.05) is 17.6 Å². The molecule has 0 aliphatic rings. The van der Waals surface area contributed by atoms with Crippen molar-refractivity contribution in [1.82, 2.24) is 9.71 Å². The number of unbranched alkanes of at least 4 members (excludes halogenated alkanes) is 1. The third-order valence-corrected chi connectivity index (χ3v) is 5.86. The molecule has 0 saturated carbocycles. The molecule has 1 heterocycles. The van der Waals surface area contributed by atoms with Crippen molar-refractivity contribution < 1.29 is 13.2 Å². The van der Waals surface area contributed by atoms with Gasteiger partial charge in [0.25, 0.3) is 0 Å². The molecule has 2 N–H and O–H groups in total. The number of benzene rings is 1. The first-order chi connectivity index (χ1) is 11.9. The Morgan fingerprint density at radius 1 is 1.24 bits per heavy atom. The normalized spacial score (nSPS) is 11.4. The van der Waals surface area contributed by atoms with Gasteiger partial charge in [-0.1, -0.05) is 25.5 Å². The van der Waals surface area contributed by atoms with Gasteiger partial charge >= 0.3 is 0 Å². The first-order valence-electron chi connectivity index (χ1n) is 8.19. The van der Waals surface area contributed by atoms with Gasteiger partial charge < -0.3 is 5.32 Å². The Hall–Kier alpha value is -1.77. The fourth-order valence-corrected chi connectivity index (χ4v) is 4.24. The van der Waals surface area contributed by atoms with E-state index in [1.807, 2.05) is 36.6 Å². The number of anilines is 1. The number of thiazole rings is 1. The summed E-state index contributed by atoms with van der Waals surface area (Å²) in [6.45, 7) is 3.80. The lowest BCUT2D eigenvalue weighted by molar-refractivity contribution is -0.114. The Kier molecular flexibility index (Phi) is 7.10. The highest BCUT2D eigenvalue weighted by atomic mass is 32.2. The highest BCUT2D eigenvalue weighted by molar-refractivity contribution is 7.89. The van der Waals surface area contributed by atoms with E-state index in [2.05, 4.69) is 15.0 Å². The molecular weight excluding hydrogens is 358 g/mol. The first kappa shape index (κ1) is 19.6. The van der Waals surface area contributed by atoms with Crippen molar-refractivity contribution >= 4 is 33.0 Å². The molecular formula is C17H23N3O3S2. The van der Waals surface area contributed by atoms with E-state index in [9.17, 15) is 13.2 Å². The van der Waals surface area contributed by atoms with Gasteiger partial charge in [-0.05, 0) is 18.6 Å². The van der Waals surface area contributed by atoms with Gasteiger partial charge in [0, 0.05) is 36.5 Å². The molecule has 0 spiro atoms. The molecule has 0 unspecified atom stereocenters. The number of aromatic nitrogens is 1. The molecule has 0 radical (unpaired) electrons. The molecule has 2 rings (SSSR count). The van der Waals surface area contributed by atoms with Crippen LogP contribution in [0.3, 0.4) is 0 Å². The summed E-state index contributed by atoms with van der Waals surface area (Å²) >= 11 is 1.51. The van der Waals surface area contributed by atoms with Crippen LogP contribution in [0.4, 0.5) is 5.69 Å². The first-order valence-corrected chi connectivity index (χ1v) is 10.7. The Balaban J connectivity index is 1.90. The molecule has 25 heavy (non-hydrogen) atoms. The molecule has 0 saturated heterocycles. The van der Waals surface area contributed by atoms with Crippen LogP contribution in [0.25, 0.3) is 11.3 Å². The topological polar surface area (TPSA) is 88.2 Å². The second-order valence-electron chi connectivity index (χ2n) is 5.70. The average molecular weight is 382 g/mol. The van der Waals surface area contributed by atoms with Crippen LogP contribution in [0.1, 0.15) is 31.7 Å². The number of rotatable bonds is 9. The highest BCUT2D eigenvalue weighted by Crippen LogP contribution is 2.23. The lowest BCUT2D eigenvalue weighted by atomic mass is 10.1. The van der Waals surface area contributed by atoms with Crippen LogP contribution in [0.15, 0.2) is 29.6 Å². The van der Waals surface area contributed by atoms with Crippen LogP contribution >= 0.6 is 11.3 Å². The number of nitrogens with zero attached hydrogens (tertiary/aromatic N) is 1. The minimum atomic E-state index is -3.18. The van der Waals surface area contributed by atoms with Gasteiger partial charge in [-0.15, -0.1) is 11.3 Å². The van der Waals surface area contributed by atoms with Crippen LogP contribution in [0, 0.1) is 0 Å². The zero-order chi connectivity index (χ0) is 18.3. The fraction of sp³-hybridized carbons (Fsp3) is 0.412. The lowest BCUT2D eigenvalue weighted by Gasteiger charge is -2.04. The number of sulfonamides is 1. The summed E-state index contributed by atoms with van der Waals surface area (Å²) in [7, 11) is -3.18. The number of amides is 1. The molecule has 8 heteroatoms. The maximum absolute atomic E-state index is 11.8. The maximum Gasteiger partial charge on any atom is 0.221 e. The van der Waals surface area contributed by atoms with E-state index in [0.717, 1.165) is 28.4 Å². The molecule has 136 valence electrons. The van der Waals surface area contributed by atoms with E-state index in [0.29, 0.717) is 19.4 Å². The number of hydrogen-bond donors (Lipinski definition) is 2. The zero-order valence-corrected chi connectivity index (χ0v) is 16.0. The van der Waals surface area contributed by atoms with Gasteiger partial charge in [-0.2, -0.15) is 0 Å². The predicted molar refractivity (Wildman–Crippen MR) is 102 cm³/mol. The summed E-state index contributed by atoms with van der Waals surface area (Å²) in [6.07, 6.45) is 2.10. The van der Waals surface area contributed by atoms with Crippen LogP contribution in [0.2, 0.25) is 0 Å². The molecule has 0 bridgehead atoms. The van der Waals surface area contributed by atoms with E-state index in [1.54, 1.807) is 0 Å². The number of carbonyl (C=O) groups is 1. The largest absolute Gasteiger partial charge is 0.326 e. The fourth-order valence-electron chi connectivity index (χ4n) is 2.21. The zero-order valence-electron chi connectivity index (χ0n) is 14.4. The Labute approximate surface area is 152 Å². The summed E-state index contributed by atoms with van der Waals surface area (Å²) in [5, 5.41) is 5.56. The van der Waals surface area contributed by atoms with Gasteiger partial charge in [0.05, 0.1) is 16.5 Å². The van der Waals surface area contributed by atoms with E-state index in [-0.39, 0.29) is 11.7 Å². The Bertz CT molecular complexity index is 799. The van der Waals surface area contributed by atoms with Crippen molar-refractivity contribution in [1.29, 1.82) is 0 Å². The third-order valence-electron chi connectivity index (χ3n) is 3.48. The average Bonchev–Trinajstić information content (AvgIpc) is 3.02. The summed E-state index contributed by atoms with van der Waals surface area (Å²) in [6, 6.07) is 7.46. The minimum absolute atomic E-state index is 0.106. The second-order valence-corrected chi connectivity index (χ2v) is 8.57. The van der Waals surface area contributed by atoms with E-state index < -0.39 is 10.0 Å². The van der Waals surface area contributed by atoms with E-state index in [1.165, 1.54) is 18.3 Å². The van der Waals surface area contributed by atoms with Crippen LogP contribution in [-0.4, -0.2) is 31.6 Å². The molecule has 0 aliphatic carbocycles. The van der Waals surface area contributed by atoms with Gasteiger partial charge in [0.1, 0.15) is 0 Å². The summed E-state index contributed by atoms with van der Waals surface area (Å²) in [5.74, 6) is 0.0675. The molecule has 1 amide bonds. The molecule has 0 fully saturated rings. The highest BCUT2D eigenvalue weighted by Gasteiger charge is 2.10. The summed E-state index contributed by atoms with van der Waals surface area (Å²) < 4.78 is 26.1. The third kappa shape index (κ3) is 6.56. The van der Waals surface area contributed by atoms with Gasteiger partial charge in [0.2, 0.25) is 15.9 Å². The standard InChI is InChI=1S/C17H23N3O3S2/c1-3-4-11-25(22,23)18-10-9-17-20-16(12-24-17)14-5-7-15(8-6-14)19-13(2)21/h5-8,12,18H,3-4,9-11H2,1-2H3,(H,19,21). The van der Waals surface area contributed by atoms with Crippen molar-refractivity contribution in [3.05, 3.63) is 34.7 Å². The van der Waals surface area contributed by atoms with Crippen molar-refractivity contribution in [2.24, 2.45) is 0 Å². The quantitative estimate of drug-likeness (QED) is 0.699. The SMILES string of the molecule is CCCCS(=O)(=O)NCCc1nc(-c2ccc(NC(C)=O)cc2)cs1. The van der Waals surface area contributed by atoms with Gasteiger partial charge in [-0.25, -0.2) is 18.1 Å². The smallest absolute Gasteiger partial charge is 0.221 e. The van der Waals surface area contributed by atoms with E-state index in [4.69, 9.17) is 0 Å². The summed E-state index contributed by atoms with van der Waals surface area (Å²) in [4.78, 5) is 15.6. The lowest BCUT2D eigenvalue weighted by Crippen LogP contribution is -2.28. The molecule has 1 aromatic heterocycles. The molecule has 0 atom stereocenters. The van der Waals surface area contributed by atoms with Crippen molar-refractivity contribution in [3.63, 3.8) is 0 Å². The van der Waals surface area contributed by atoms with Crippen LogP contribution in [0.5, 0.6) is 0 Å².